The summed E-state index contributed by atoms with van der Waals surface area (Å²) in [6.45, 7) is 6.97. The van der Waals surface area contributed by atoms with Gasteiger partial charge in [0.25, 0.3) is 0 Å². The van der Waals surface area contributed by atoms with Crippen LogP contribution in [-0.2, 0) is 0 Å². The van der Waals surface area contributed by atoms with Crippen LogP contribution in [0.15, 0.2) is 0 Å². The fourth-order valence-corrected chi connectivity index (χ4v) is 2.17. The zero-order valence-corrected chi connectivity index (χ0v) is 9.31. The molecule has 0 bridgehead atoms. The van der Waals surface area contributed by atoms with Crippen molar-refractivity contribution in [1.82, 2.24) is 5.32 Å². The quantitative estimate of drug-likeness (QED) is 0.645. The molecular weight excluding hydrogens is 158 g/mol. The molecule has 78 valence electrons. The average molecular weight is 183 g/mol. The van der Waals surface area contributed by atoms with E-state index in [9.17, 15) is 0 Å². The molecule has 1 aliphatic rings. The van der Waals surface area contributed by atoms with Crippen LogP contribution < -0.4 is 5.32 Å². The van der Waals surface area contributed by atoms with Gasteiger partial charge < -0.3 is 5.32 Å². The molecular formula is C12H25N. The van der Waals surface area contributed by atoms with E-state index in [1.807, 2.05) is 0 Å². The van der Waals surface area contributed by atoms with Gasteiger partial charge in [0.05, 0.1) is 0 Å². The van der Waals surface area contributed by atoms with Gasteiger partial charge in [-0.2, -0.15) is 0 Å². The van der Waals surface area contributed by atoms with E-state index >= 15 is 0 Å². The first-order chi connectivity index (χ1) is 6.29. The monoisotopic (exact) mass is 183 g/mol. The summed E-state index contributed by atoms with van der Waals surface area (Å²) in [6.07, 6.45) is 8.83. The largest absolute Gasteiger partial charge is 0.316 e. The molecule has 1 rings (SSSR count). The maximum atomic E-state index is 3.53. The van der Waals surface area contributed by atoms with Crippen molar-refractivity contribution in [2.24, 2.45) is 11.8 Å². The van der Waals surface area contributed by atoms with Crippen molar-refractivity contribution >= 4 is 0 Å². The number of rotatable bonds is 5. The Bertz CT molecular complexity index is 114. The number of hydrogen-bond donors (Lipinski definition) is 1. The van der Waals surface area contributed by atoms with Crippen LogP contribution >= 0.6 is 0 Å². The summed E-state index contributed by atoms with van der Waals surface area (Å²) in [4.78, 5) is 0. The summed E-state index contributed by atoms with van der Waals surface area (Å²) in [6, 6.07) is 0. The average Bonchev–Trinajstić information content (AvgIpc) is 2.14. The highest BCUT2D eigenvalue weighted by Gasteiger charge is 2.12. The lowest BCUT2D eigenvalue weighted by molar-refractivity contribution is 0.332. The van der Waals surface area contributed by atoms with E-state index in [0.29, 0.717) is 0 Å². The second kappa shape index (κ2) is 6.42. The van der Waals surface area contributed by atoms with Gasteiger partial charge >= 0.3 is 0 Å². The third kappa shape index (κ3) is 5.30. The van der Waals surface area contributed by atoms with Gasteiger partial charge in [0, 0.05) is 0 Å². The lowest BCUT2D eigenvalue weighted by atomic mass is 9.87. The van der Waals surface area contributed by atoms with Crippen LogP contribution in [0.5, 0.6) is 0 Å². The molecule has 0 aliphatic heterocycles. The summed E-state index contributed by atoms with van der Waals surface area (Å²) in [5.74, 6) is 1.83. The molecule has 0 heterocycles. The minimum atomic E-state index is 0.798. The van der Waals surface area contributed by atoms with Crippen LogP contribution in [0.2, 0.25) is 0 Å². The Morgan fingerprint density at radius 3 is 2.46 bits per heavy atom. The van der Waals surface area contributed by atoms with Crippen LogP contribution in [0, 0.1) is 11.8 Å². The zero-order valence-electron chi connectivity index (χ0n) is 9.31. The standard InChI is InChI=1S/C12H25N/c1-11(2)10-13-9-8-12-6-4-3-5-7-12/h11-13H,3-10H2,1-2H3. The van der Waals surface area contributed by atoms with Gasteiger partial charge in [-0.05, 0) is 31.3 Å². The first-order valence-electron chi connectivity index (χ1n) is 5.99. The van der Waals surface area contributed by atoms with E-state index < -0.39 is 0 Å². The third-order valence-corrected chi connectivity index (χ3v) is 3.01. The summed E-state index contributed by atoms with van der Waals surface area (Å²) < 4.78 is 0. The van der Waals surface area contributed by atoms with Crippen LogP contribution in [0.3, 0.4) is 0 Å². The second-order valence-corrected chi connectivity index (χ2v) is 4.89. The molecule has 0 aromatic heterocycles. The summed E-state index contributed by atoms with van der Waals surface area (Å²) in [7, 11) is 0. The molecule has 0 spiro atoms. The Kier molecular flexibility index (Phi) is 5.45. The highest BCUT2D eigenvalue weighted by atomic mass is 14.8. The lowest BCUT2D eigenvalue weighted by Gasteiger charge is -2.21. The highest BCUT2D eigenvalue weighted by molar-refractivity contribution is 4.66. The topological polar surface area (TPSA) is 12.0 Å². The van der Waals surface area contributed by atoms with Gasteiger partial charge in [-0.1, -0.05) is 46.0 Å². The van der Waals surface area contributed by atoms with Crippen molar-refractivity contribution < 1.29 is 0 Å². The molecule has 1 saturated carbocycles. The smallest absolute Gasteiger partial charge is 0.00258 e. The van der Waals surface area contributed by atoms with Gasteiger partial charge in [-0.15, -0.1) is 0 Å². The van der Waals surface area contributed by atoms with Gasteiger partial charge in [-0.25, -0.2) is 0 Å². The molecule has 0 unspecified atom stereocenters. The molecule has 0 amide bonds. The normalized spacial score (nSPS) is 19.6. The van der Waals surface area contributed by atoms with E-state index in [1.165, 1.54) is 51.6 Å². The van der Waals surface area contributed by atoms with Gasteiger partial charge in [-0.3, -0.25) is 0 Å². The van der Waals surface area contributed by atoms with Gasteiger partial charge in [0.1, 0.15) is 0 Å². The van der Waals surface area contributed by atoms with E-state index in [0.717, 1.165) is 11.8 Å². The van der Waals surface area contributed by atoms with Crippen molar-refractivity contribution in [2.45, 2.75) is 52.4 Å². The van der Waals surface area contributed by atoms with Gasteiger partial charge in [0.2, 0.25) is 0 Å². The predicted molar refractivity (Wildman–Crippen MR) is 58.9 cm³/mol. The minimum absolute atomic E-state index is 0.798. The molecule has 13 heavy (non-hydrogen) atoms. The van der Waals surface area contributed by atoms with E-state index in [1.54, 1.807) is 0 Å². The third-order valence-electron chi connectivity index (χ3n) is 3.01. The summed E-state index contributed by atoms with van der Waals surface area (Å²) in [5.41, 5.74) is 0. The zero-order chi connectivity index (χ0) is 9.52. The molecule has 1 aliphatic carbocycles. The summed E-state index contributed by atoms with van der Waals surface area (Å²) >= 11 is 0. The van der Waals surface area contributed by atoms with Crippen LogP contribution in [0.1, 0.15) is 52.4 Å². The van der Waals surface area contributed by atoms with E-state index in [2.05, 4.69) is 19.2 Å². The van der Waals surface area contributed by atoms with Crippen LogP contribution in [-0.4, -0.2) is 13.1 Å². The SMILES string of the molecule is CC(C)CNCCC1CCCCC1. The van der Waals surface area contributed by atoms with Crippen molar-refractivity contribution in [3.05, 3.63) is 0 Å². The van der Waals surface area contributed by atoms with Crippen molar-refractivity contribution in [1.29, 1.82) is 0 Å². The highest BCUT2D eigenvalue weighted by Crippen LogP contribution is 2.25. The lowest BCUT2D eigenvalue weighted by Crippen LogP contribution is -2.23. The fraction of sp³-hybridized carbons (Fsp3) is 1.00. The molecule has 0 atom stereocenters. The Morgan fingerprint density at radius 1 is 1.15 bits per heavy atom. The van der Waals surface area contributed by atoms with Crippen LogP contribution in [0.4, 0.5) is 0 Å². The molecule has 0 saturated heterocycles. The van der Waals surface area contributed by atoms with Crippen molar-refractivity contribution in [3.8, 4) is 0 Å². The molecule has 1 fully saturated rings. The molecule has 0 aromatic rings. The van der Waals surface area contributed by atoms with Gasteiger partial charge in [0.15, 0.2) is 0 Å². The van der Waals surface area contributed by atoms with E-state index in [4.69, 9.17) is 0 Å². The fourth-order valence-electron chi connectivity index (χ4n) is 2.17. The van der Waals surface area contributed by atoms with Crippen molar-refractivity contribution in [2.75, 3.05) is 13.1 Å². The van der Waals surface area contributed by atoms with E-state index in [-0.39, 0.29) is 0 Å². The Balaban J connectivity index is 1.92. The number of nitrogens with one attached hydrogen (secondary N) is 1. The Hall–Kier alpha value is -0.0400. The first-order valence-corrected chi connectivity index (χ1v) is 5.99. The second-order valence-electron chi connectivity index (χ2n) is 4.89. The number of hydrogen-bond acceptors (Lipinski definition) is 1. The minimum Gasteiger partial charge on any atom is -0.316 e. The summed E-state index contributed by atoms with van der Waals surface area (Å²) in [5, 5.41) is 3.53. The molecule has 0 radical (unpaired) electrons. The molecule has 1 heteroatoms. The maximum Gasteiger partial charge on any atom is -0.00258 e. The Labute approximate surface area is 83.3 Å². The molecule has 1 N–H and O–H groups in total. The maximum absolute atomic E-state index is 3.53. The Morgan fingerprint density at radius 2 is 1.85 bits per heavy atom. The van der Waals surface area contributed by atoms with Crippen LogP contribution in [0.25, 0.3) is 0 Å². The first kappa shape index (κ1) is 11.0. The van der Waals surface area contributed by atoms with Crippen molar-refractivity contribution in [3.63, 3.8) is 0 Å². The molecule has 1 nitrogen and oxygen atoms in total. The molecule has 0 aromatic carbocycles. The predicted octanol–water partition coefficient (Wildman–Crippen LogP) is 3.20.